The molecule has 0 aliphatic carbocycles. The van der Waals surface area contributed by atoms with Gasteiger partial charge in [0.25, 0.3) is 0 Å². The third kappa shape index (κ3) is 13.7. The van der Waals surface area contributed by atoms with Crippen LogP contribution in [-0.2, 0) is 29.9 Å². The molecule has 2 heterocycles. The van der Waals surface area contributed by atoms with E-state index in [4.69, 9.17) is 30.7 Å². The van der Waals surface area contributed by atoms with Gasteiger partial charge in [0.05, 0.1) is 19.5 Å². The second kappa shape index (κ2) is 22.5. The number of methoxy groups -OCH3 is 1. The van der Waals surface area contributed by atoms with E-state index >= 15 is 0 Å². The van der Waals surface area contributed by atoms with Crippen molar-refractivity contribution >= 4 is 30.7 Å². The Balaban J connectivity index is 1.50. The van der Waals surface area contributed by atoms with E-state index in [2.05, 4.69) is 32.9 Å². The van der Waals surface area contributed by atoms with Crippen molar-refractivity contribution in [3.05, 3.63) is 42.7 Å². The molecule has 0 fully saturated rings. The zero-order chi connectivity index (χ0) is 37.8. The van der Waals surface area contributed by atoms with Gasteiger partial charge in [-0.2, -0.15) is 19.4 Å². The number of hydrogen-bond donors (Lipinski definition) is 3. The van der Waals surface area contributed by atoms with Gasteiger partial charge in [0, 0.05) is 7.11 Å². The number of aliphatic hydroxyl groups is 1. The Morgan fingerprint density at radius 3 is 2.21 bits per heavy atom. The number of nitrogen functional groups attached to an aromatic ring is 1. The number of benzene rings is 1. The highest BCUT2D eigenvalue weighted by Gasteiger charge is 2.42. The lowest BCUT2D eigenvalue weighted by molar-refractivity contribution is -0.145. The number of nitrogens with one attached hydrogen (secondary N) is 1. The van der Waals surface area contributed by atoms with Gasteiger partial charge in [-0.3, -0.25) is 9.32 Å². The third-order valence-electron chi connectivity index (χ3n) is 8.85. The van der Waals surface area contributed by atoms with E-state index < -0.39 is 44.1 Å². The predicted molar refractivity (Wildman–Crippen MR) is 199 cm³/mol. The number of imidazole rings is 1. The van der Waals surface area contributed by atoms with Crippen LogP contribution in [0.4, 0.5) is 10.2 Å². The molecule has 4 atom stereocenters. The molecule has 2 unspecified atom stereocenters. The molecule has 0 aliphatic rings. The maximum absolute atomic E-state index is 14.1. The molecule has 15 heteroatoms. The second-order valence-corrected chi connectivity index (χ2v) is 14.7. The summed E-state index contributed by atoms with van der Waals surface area (Å²) >= 11 is 0. The highest BCUT2D eigenvalue weighted by atomic mass is 31.2. The minimum absolute atomic E-state index is 0.0214. The smallest absolute Gasteiger partial charge is 0.459 e. The largest absolute Gasteiger partial charge is 0.465 e. The van der Waals surface area contributed by atoms with Crippen molar-refractivity contribution in [1.82, 2.24) is 24.6 Å². The number of ether oxygens (including phenoxy) is 2. The Morgan fingerprint density at radius 1 is 1.04 bits per heavy atom. The number of terminal acetylenes is 1. The number of anilines is 1. The monoisotopic (exact) mass is 746 g/mol. The molecule has 52 heavy (non-hydrogen) atoms. The number of aliphatic hydroxyl groups excluding tert-OH is 1. The number of rotatable bonds is 27. The maximum Gasteiger partial charge on any atom is 0.459 e. The van der Waals surface area contributed by atoms with Gasteiger partial charge in [0.2, 0.25) is 0 Å². The molecule has 0 amide bonds. The summed E-state index contributed by atoms with van der Waals surface area (Å²) in [5.74, 6) is 1.75. The van der Waals surface area contributed by atoms with E-state index in [0.29, 0.717) is 0 Å². The quantitative estimate of drug-likeness (QED) is 0.0237. The molecule has 1 aromatic carbocycles. The normalized spacial score (nSPS) is 15.0. The number of aromatic nitrogens is 4. The van der Waals surface area contributed by atoms with Gasteiger partial charge in [0.15, 0.2) is 17.1 Å². The zero-order valence-electron chi connectivity index (χ0n) is 30.8. The SMILES string of the molecule is C#CC(COP(=O)(N[C@@H](C)C(=O)OCCCCCCCCCCCCCCCC)Oc1ccccc1)(OC)[C@@H](O)Cn1cnc2c(N)nc(F)nc21. The van der Waals surface area contributed by atoms with Gasteiger partial charge in [-0.15, -0.1) is 6.42 Å². The number of unbranched alkanes of at least 4 members (excludes halogenated alkanes) is 13. The van der Waals surface area contributed by atoms with Crippen molar-refractivity contribution in [2.45, 2.75) is 128 Å². The van der Waals surface area contributed by atoms with Crippen LogP contribution in [0.1, 0.15) is 104 Å². The molecule has 3 aromatic rings. The first-order chi connectivity index (χ1) is 25.1. The van der Waals surface area contributed by atoms with Crippen molar-refractivity contribution in [2.24, 2.45) is 0 Å². The number of nitrogens with zero attached hydrogens (tertiary/aromatic N) is 4. The first-order valence-electron chi connectivity index (χ1n) is 18.3. The highest BCUT2D eigenvalue weighted by molar-refractivity contribution is 7.52. The molecular weight excluding hydrogens is 690 g/mol. The first kappa shape index (κ1) is 42.8. The Kier molecular flexibility index (Phi) is 18.5. The molecule has 4 N–H and O–H groups in total. The van der Waals surface area contributed by atoms with Gasteiger partial charge < -0.3 is 29.4 Å². The minimum Gasteiger partial charge on any atom is -0.465 e. The summed E-state index contributed by atoms with van der Waals surface area (Å²) in [6.45, 7) is 3.03. The molecule has 3 rings (SSSR count). The summed E-state index contributed by atoms with van der Waals surface area (Å²) in [4.78, 5) is 24.1. The van der Waals surface area contributed by atoms with Gasteiger partial charge in [-0.1, -0.05) is 115 Å². The Hall–Kier alpha value is -3.60. The van der Waals surface area contributed by atoms with E-state index in [0.717, 1.165) is 25.7 Å². The van der Waals surface area contributed by atoms with Crippen LogP contribution in [0.2, 0.25) is 0 Å². The summed E-state index contributed by atoms with van der Waals surface area (Å²) < 4.78 is 51.8. The number of esters is 1. The van der Waals surface area contributed by atoms with Crippen LogP contribution < -0.4 is 15.3 Å². The summed E-state index contributed by atoms with van der Waals surface area (Å²) in [7, 11) is -3.11. The van der Waals surface area contributed by atoms with E-state index in [-0.39, 0.29) is 35.9 Å². The molecular formula is C37H56FN6O7P. The molecule has 0 aliphatic heterocycles. The minimum atomic E-state index is -4.35. The van der Waals surface area contributed by atoms with Crippen molar-refractivity contribution in [3.63, 3.8) is 0 Å². The van der Waals surface area contributed by atoms with Crippen LogP contribution in [-0.4, -0.2) is 68.7 Å². The van der Waals surface area contributed by atoms with E-state index in [1.807, 2.05) is 0 Å². The fourth-order valence-corrected chi connectivity index (χ4v) is 7.19. The van der Waals surface area contributed by atoms with Crippen molar-refractivity contribution in [2.75, 3.05) is 26.1 Å². The first-order valence-corrected chi connectivity index (χ1v) is 19.9. The number of fused-ring (bicyclic) bond motifs is 1. The Labute approximate surface area is 307 Å². The molecule has 0 bridgehead atoms. The van der Waals surface area contributed by atoms with Gasteiger partial charge in [-0.25, -0.2) is 9.55 Å². The second-order valence-electron chi connectivity index (χ2n) is 13.0. The fraction of sp³-hybridized carbons (Fsp3) is 0.622. The number of hydrogen-bond acceptors (Lipinski definition) is 11. The van der Waals surface area contributed by atoms with Crippen LogP contribution in [0.15, 0.2) is 36.7 Å². The standard InChI is InChI=1S/C37H56FN6O7P/c1-5-7-8-9-10-11-12-13-14-15-16-17-18-22-25-49-35(46)29(3)43-52(47,51-30-23-20-19-21-24-30)50-27-37(6-2,48-4)31(45)26-44-28-40-32-33(39)41-36(38)42-34(32)44/h2,19-21,23-24,28-29,31,45H,5,7-18,22,25-27H2,1,3-4H3,(H,43,47)(H2,39,41,42)/t29-,31-,37?,52?/m0/s1. The maximum atomic E-state index is 14.1. The van der Waals surface area contributed by atoms with E-state index in [9.17, 15) is 18.9 Å². The summed E-state index contributed by atoms with van der Waals surface area (Å²) in [6, 6.07) is 7.13. The van der Waals surface area contributed by atoms with E-state index in [1.165, 1.54) is 89.1 Å². The molecule has 0 saturated carbocycles. The number of para-hydroxylation sites is 1. The molecule has 288 valence electrons. The summed E-state index contributed by atoms with van der Waals surface area (Å²) in [5.41, 5.74) is 4.02. The number of nitrogens with two attached hydrogens (primary N) is 1. The number of halogens is 1. The van der Waals surface area contributed by atoms with Crippen LogP contribution in [0, 0.1) is 18.4 Å². The fourth-order valence-electron chi connectivity index (χ4n) is 5.67. The molecule has 0 spiro atoms. The van der Waals surface area contributed by atoms with Crippen LogP contribution >= 0.6 is 7.75 Å². The average molecular weight is 747 g/mol. The van der Waals surface area contributed by atoms with Crippen molar-refractivity contribution in [1.29, 1.82) is 0 Å². The summed E-state index contributed by atoms with van der Waals surface area (Å²) in [5, 5.41) is 13.9. The van der Waals surface area contributed by atoms with Crippen LogP contribution in [0.5, 0.6) is 5.75 Å². The highest BCUT2D eigenvalue weighted by Crippen LogP contribution is 2.46. The van der Waals surface area contributed by atoms with Crippen LogP contribution in [0.3, 0.4) is 0 Å². The zero-order valence-corrected chi connectivity index (χ0v) is 31.7. The lowest BCUT2D eigenvalue weighted by Crippen LogP contribution is -2.49. The number of carbonyl (C=O) groups excluding carboxylic acids is 1. The van der Waals surface area contributed by atoms with Crippen LogP contribution in [0.25, 0.3) is 11.2 Å². The molecule has 13 nitrogen and oxygen atoms in total. The molecule has 0 radical (unpaired) electrons. The summed E-state index contributed by atoms with van der Waals surface area (Å²) in [6.07, 6.45) is 21.6. The third-order valence-corrected chi connectivity index (χ3v) is 10.5. The average Bonchev–Trinajstić information content (AvgIpc) is 3.53. The Morgan fingerprint density at radius 2 is 1.63 bits per heavy atom. The van der Waals surface area contributed by atoms with Gasteiger partial charge in [-0.05, 0) is 25.5 Å². The van der Waals surface area contributed by atoms with Gasteiger partial charge in [0.1, 0.15) is 30.0 Å². The number of carbonyl (C=O) groups is 1. The van der Waals surface area contributed by atoms with Crippen molar-refractivity contribution in [3.8, 4) is 18.1 Å². The lowest BCUT2D eigenvalue weighted by atomic mass is 9.98. The van der Waals surface area contributed by atoms with E-state index in [1.54, 1.807) is 30.3 Å². The Bertz CT molecular complexity index is 1590. The molecule has 0 saturated heterocycles. The topological polar surface area (TPSA) is 173 Å². The van der Waals surface area contributed by atoms with Gasteiger partial charge >= 0.3 is 19.8 Å². The molecule has 2 aromatic heterocycles. The van der Waals surface area contributed by atoms with Crippen molar-refractivity contribution < 1.29 is 37.4 Å². The lowest BCUT2D eigenvalue weighted by Gasteiger charge is -2.33. The predicted octanol–water partition coefficient (Wildman–Crippen LogP) is 7.13.